The average Bonchev–Trinajstić information content (AvgIpc) is 3.29. The molecule has 0 radical (unpaired) electrons. The Labute approximate surface area is 192 Å². The van der Waals surface area contributed by atoms with E-state index in [1.807, 2.05) is 4.90 Å². The van der Waals surface area contributed by atoms with Crippen LogP contribution in [0.1, 0.15) is 0 Å². The normalized spacial score (nSPS) is 15.0. The average molecular weight is 484 g/mol. The zero-order valence-electron chi connectivity index (χ0n) is 17.5. The van der Waals surface area contributed by atoms with Crippen LogP contribution in [0.4, 0.5) is 15.9 Å². The summed E-state index contributed by atoms with van der Waals surface area (Å²) in [5, 5.41) is 19.6. The minimum atomic E-state index is -4.05. The van der Waals surface area contributed by atoms with E-state index in [4.69, 9.17) is 0 Å². The van der Waals surface area contributed by atoms with Gasteiger partial charge in [0.15, 0.2) is 21.9 Å². The molecule has 5 rings (SSSR count). The molecule has 14 heteroatoms. The third-order valence-corrected chi connectivity index (χ3v) is 7.45. The van der Waals surface area contributed by atoms with Crippen molar-refractivity contribution in [2.24, 2.45) is 0 Å². The third-order valence-electron chi connectivity index (χ3n) is 5.51. The lowest BCUT2D eigenvalue weighted by Gasteiger charge is -2.34. The Hall–Kier alpha value is -4.04. The molecule has 12 nitrogen and oxygen atoms in total. The largest absolute Gasteiger partial charge is 0.352 e. The van der Waals surface area contributed by atoms with Crippen molar-refractivity contribution in [1.82, 2.24) is 29.3 Å². The van der Waals surface area contributed by atoms with Crippen molar-refractivity contribution in [2.45, 2.75) is 4.90 Å². The first-order chi connectivity index (χ1) is 16.4. The predicted octanol–water partition coefficient (Wildman–Crippen LogP) is 1.77. The molecular formula is C20H17FN8O4S. The summed E-state index contributed by atoms with van der Waals surface area (Å²) in [5.41, 5.74) is 0.960. The van der Waals surface area contributed by atoms with E-state index in [0.29, 0.717) is 22.7 Å². The SMILES string of the molecule is O=[N+]([O-])c1ccccc1S(=O)(=O)N1CCN(c2ncnc3c2nnn3-c2ccc(F)cc2)CC1. The summed E-state index contributed by atoms with van der Waals surface area (Å²) in [7, 11) is -4.05. The minimum Gasteiger partial charge on any atom is -0.352 e. The number of anilines is 1. The molecule has 0 spiro atoms. The van der Waals surface area contributed by atoms with E-state index in [9.17, 15) is 22.9 Å². The first-order valence-electron chi connectivity index (χ1n) is 10.2. The standard InChI is InChI=1S/C20H17FN8O4S/c21-14-5-7-15(8-6-14)28-20-18(24-25-28)19(22-13-23-20)26-9-11-27(12-10-26)34(32,33)17-4-2-1-3-16(17)29(30)31/h1-8,13H,9-12H2. The van der Waals surface area contributed by atoms with Crippen molar-refractivity contribution >= 4 is 32.7 Å². The number of hydrogen-bond acceptors (Lipinski definition) is 9. The highest BCUT2D eigenvalue weighted by molar-refractivity contribution is 7.89. The number of sulfonamides is 1. The number of fused-ring (bicyclic) bond motifs is 1. The van der Waals surface area contributed by atoms with Crippen molar-refractivity contribution in [3.63, 3.8) is 0 Å². The van der Waals surface area contributed by atoms with Gasteiger partial charge in [0.2, 0.25) is 10.0 Å². The molecule has 0 unspecified atom stereocenters. The topological polar surface area (TPSA) is 140 Å². The van der Waals surface area contributed by atoms with E-state index in [1.54, 1.807) is 12.1 Å². The monoisotopic (exact) mass is 484 g/mol. The highest BCUT2D eigenvalue weighted by Crippen LogP contribution is 2.29. The van der Waals surface area contributed by atoms with Crippen LogP contribution >= 0.6 is 0 Å². The Morgan fingerprint density at radius 2 is 1.68 bits per heavy atom. The van der Waals surface area contributed by atoms with Gasteiger partial charge in [0, 0.05) is 32.2 Å². The van der Waals surface area contributed by atoms with Crippen LogP contribution in [0, 0.1) is 15.9 Å². The molecule has 0 bridgehead atoms. The maximum absolute atomic E-state index is 13.3. The molecule has 174 valence electrons. The number of piperazine rings is 1. The van der Waals surface area contributed by atoms with Gasteiger partial charge < -0.3 is 4.90 Å². The molecule has 2 aromatic carbocycles. The molecule has 0 N–H and O–H groups in total. The fourth-order valence-corrected chi connectivity index (χ4v) is 5.41. The fourth-order valence-electron chi connectivity index (χ4n) is 3.83. The lowest BCUT2D eigenvalue weighted by Crippen LogP contribution is -2.49. The molecule has 0 amide bonds. The number of hydrogen-bond donors (Lipinski definition) is 0. The Balaban J connectivity index is 1.40. The third kappa shape index (κ3) is 3.72. The molecule has 0 atom stereocenters. The van der Waals surface area contributed by atoms with E-state index in [2.05, 4.69) is 20.3 Å². The number of aromatic nitrogens is 5. The summed E-state index contributed by atoms with van der Waals surface area (Å²) in [6, 6.07) is 11.0. The summed E-state index contributed by atoms with van der Waals surface area (Å²) < 4.78 is 42.1. The van der Waals surface area contributed by atoms with Crippen molar-refractivity contribution < 1.29 is 17.7 Å². The molecule has 1 saturated heterocycles. The van der Waals surface area contributed by atoms with Gasteiger partial charge in [-0.05, 0) is 30.3 Å². The van der Waals surface area contributed by atoms with Crippen LogP contribution in [0.2, 0.25) is 0 Å². The first-order valence-corrected chi connectivity index (χ1v) is 11.6. The lowest BCUT2D eigenvalue weighted by molar-refractivity contribution is -0.387. The number of nitrogens with zero attached hydrogens (tertiary/aromatic N) is 8. The van der Waals surface area contributed by atoms with Gasteiger partial charge in [-0.1, -0.05) is 17.3 Å². The molecule has 1 fully saturated rings. The number of nitro benzene ring substituents is 1. The maximum Gasteiger partial charge on any atom is 0.289 e. The zero-order valence-corrected chi connectivity index (χ0v) is 18.3. The van der Waals surface area contributed by atoms with E-state index in [-0.39, 0.29) is 36.9 Å². The fraction of sp³-hybridized carbons (Fsp3) is 0.200. The van der Waals surface area contributed by atoms with E-state index >= 15 is 0 Å². The van der Waals surface area contributed by atoms with Crippen molar-refractivity contribution in [3.8, 4) is 5.69 Å². The van der Waals surface area contributed by atoms with Crippen molar-refractivity contribution in [3.05, 3.63) is 70.8 Å². The quantitative estimate of drug-likeness (QED) is 0.306. The molecule has 3 heterocycles. The molecule has 34 heavy (non-hydrogen) atoms. The molecular weight excluding hydrogens is 467 g/mol. The minimum absolute atomic E-state index is 0.103. The highest BCUT2D eigenvalue weighted by atomic mass is 32.2. The van der Waals surface area contributed by atoms with Crippen molar-refractivity contribution in [1.29, 1.82) is 0 Å². The molecule has 0 saturated carbocycles. The Bertz CT molecular complexity index is 1480. The van der Waals surface area contributed by atoms with Gasteiger partial charge >= 0.3 is 0 Å². The highest BCUT2D eigenvalue weighted by Gasteiger charge is 2.34. The Morgan fingerprint density at radius 1 is 0.971 bits per heavy atom. The van der Waals surface area contributed by atoms with Gasteiger partial charge in [-0.15, -0.1) is 5.10 Å². The van der Waals surface area contributed by atoms with E-state index < -0.39 is 20.6 Å². The van der Waals surface area contributed by atoms with Crippen LogP contribution in [0.25, 0.3) is 16.9 Å². The number of halogens is 1. The first kappa shape index (κ1) is 21.8. The second-order valence-electron chi connectivity index (χ2n) is 7.46. The van der Waals surface area contributed by atoms with Crippen LogP contribution in [0.5, 0.6) is 0 Å². The molecule has 4 aromatic rings. The van der Waals surface area contributed by atoms with Crippen LogP contribution < -0.4 is 4.90 Å². The van der Waals surface area contributed by atoms with Gasteiger partial charge in [-0.25, -0.2) is 22.8 Å². The maximum atomic E-state index is 13.3. The molecule has 0 aliphatic carbocycles. The van der Waals surface area contributed by atoms with Gasteiger partial charge in [0.05, 0.1) is 10.6 Å². The number of para-hydroxylation sites is 1. The van der Waals surface area contributed by atoms with Gasteiger partial charge in [-0.2, -0.15) is 8.99 Å². The van der Waals surface area contributed by atoms with Gasteiger partial charge in [0.1, 0.15) is 12.1 Å². The Morgan fingerprint density at radius 3 is 2.38 bits per heavy atom. The smallest absolute Gasteiger partial charge is 0.289 e. The summed E-state index contributed by atoms with van der Waals surface area (Å²) >= 11 is 0. The molecule has 2 aromatic heterocycles. The van der Waals surface area contributed by atoms with Crippen LogP contribution in [-0.4, -0.2) is 68.8 Å². The predicted molar refractivity (Wildman–Crippen MR) is 118 cm³/mol. The van der Waals surface area contributed by atoms with E-state index in [0.717, 1.165) is 0 Å². The van der Waals surface area contributed by atoms with Crippen molar-refractivity contribution in [2.75, 3.05) is 31.1 Å². The van der Waals surface area contributed by atoms with Crippen LogP contribution in [0.15, 0.2) is 59.8 Å². The zero-order chi connectivity index (χ0) is 23.9. The summed E-state index contributed by atoms with van der Waals surface area (Å²) in [6.07, 6.45) is 1.36. The number of nitro groups is 1. The second-order valence-corrected chi connectivity index (χ2v) is 9.37. The Kier molecular flexibility index (Phi) is 5.37. The summed E-state index contributed by atoms with van der Waals surface area (Å²) in [5.74, 6) is 0.109. The summed E-state index contributed by atoms with van der Waals surface area (Å²) in [4.78, 5) is 20.7. The van der Waals surface area contributed by atoms with Crippen LogP contribution in [-0.2, 0) is 10.0 Å². The second kappa shape index (κ2) is 8.39. The van der Waals surface area contributed by atoms with E-state index in [1.165, 1.54) is 51.7 Å². The molecule has 1 aliphatic heterocycles. The van der Waals surface area contributed by atoms with Gasteiger partial charge in [0.25, 0.3) is 5.69 Å². The number of benzene rings is 2. The molecule has 1 aliphatic rings. The van der Waals surface area contributed by atoms with Crippen LogP contribution in [0.3, 0.4) is 0 Å². The number of rotatable bonds is 5. The van der Waals surface area contributed by atoms with Gasteiger partial charge in [-0.3, -0.25) is 10.1 Å². The summed E-state index contributed by atoms with van der Waals surface area (Å²) in [6.45, 7) is 0.780. The lowest BCUT2D eigenvalue weighted by atomic mass is 10.3.